The molecule has 1 heterocycles. The van der Waals surface area contributed by atoms with Crippen LogP contribution in [-0.4, -0.2) is 23.9 Å². The van der Waals surface area contributed by atoms with E-state index in [-0.39, 0.29) is 22.2 Å². The molecule has 0 aliphatic heterocycles. The van der Waals surface area contributed by atoms with Gasteiger partial charge in [0.15, 0.2) is 0 Å². The fraction of sp³-hybridized carbons (Fsp3) is 0.0385. The van der Waals surface area contributed by atoms with Gasteiger partial charge in [0, 0.05) is 10.7 Å². The number of halogens is 1. The smallest absolute Gasteiger partial charge is 0.329 e. The lowest BCUT2D eigenvalue weighted by molar-refractivity contribution is -0.136. The predicted molar refractivity (Wildman–Crippen MR) is 137 cm³/mol. The second-order valence-electron chi connectivity index (χ2n) is 7.68. The molecule has 180 valence electrons. The zero-order valence-electron chi connectivity index (χ0n) is 18.9. The molecule has 1 aromatic heterocycles. The largest absolute Gasteiger partial charge is 0.463 e. The van der Waals surface area contributed by atoms with Crippen LogP contribution in [0.1, 0.15) is 21.5 Å². The Hall–Kier alpha value is -4.76. The molecule has 0 radical (unpaired) electrons. The molecule has 3 N–H and O–H groups in total. The van der Waals surface area contributed by atoms with E-state index in [0.717, 1.165) is 11.8 Å². The summed E-state index contributed by atoms with van der Waals surface area (Å²) >= 11 is 5.93. The van der Waals surface area contributed by atoms with E-state index >= 15 is 0 Å². The fourth-order valence-electron chi connectivity index (χ4n) is 3.31. The number of carbonyl (C=O) groups excluding carboxylic acids is 3. The van der Waals surface area contributed by atoms with Crippen LogP contribution in [-0.2, 0) is 9.59 Å². The summed E-state index contributed by atoms with van der Waals surface area (Å²) in [5, 5.41) is 9.42. The van der Waals surface area contributed by atoms with Crippen LogP contribution in [0.4, 0.5) is 11.4 Å². The molecule has 0 aliphatic carbocycles. The third kappa shape index (κ3) is 5.65. The van der Waals surface area contributed by atoms with Gasteiger partial charge < -0.3 is 15.1 Å². The van der Waals surface area contributed by atoms with Crippen molar-refractivity contribution in [3.05, 3.63) is 105 Å². The second-order valence-corrected chi connectivity index (χ2v) is 8.12. The molecule has 0 aliphatic rings. The highest BCUT2D eigenvalue weighted by Crippen LogP contribution is 2.19. The summed E-state index contributed by atoms with van der Waals surface area (Å²) in [6.45, 7) is 1.90. The molecule has 0 atom stereocenters. The van der Waals surface area contributed by atoms with Crippen molar-refractivity contribution in [2.45, 2.75) is 6.92 Å². The van der Waals surface area contributed by atoms with Crippen molar-refractivity contribution in [2.24, 2.45) is 5.10 Å². The first-order chi connectivity index (χ1) is 17.3. The van der Waals surface area contributed by atoms with E-state index in [9.17, 15) is 19.2 Å². The highest BCUT2D eigenvalue weighted by atomic mass is 35.5. The lowest BCUT2D eigenvalue weighted by Crippen LogP contribution is -2.33. The summed E-state index contributed by atoms with van der Waals surface area (Å²) in [4.78, 5) is 49.9. The van der Waals surface area contributed by atoms with Gasteiger partial charge in [-0.3, -0.25) is 19.2 Å². The van der Waals surface area contributed by atoms with Gasteiger partial charge in [-0.25, -0.2) is 5.43 Å². The van der Waals surface area contributed by atoms with Gasteiger partial charge in [-0.15, -0.1) is 0 Å². The number of fused-ring (bicyclic) bond motifs is 1. The Morgan fingerprint density at radius 3 is 2.56 bits per heavy atom. The first-order valence-corrected chi connectivity index (χ1v) is 11.0. The summed E-state index contributed by atoms with van der Waals surface area (Å²) < 4.78 is 5.37. The summed E-state index contributed by atoms with van der Waals surface area (Å²) in [6, 6.07) is 18.1. The van der Waals surface area contributed by atoms with Crippen molar-refractivity contribution in [3.63, 3.8) is 0 Å². The first kappa shape index (κ1) is 24.4. The van der Waals surface area contributed by atoms with Crippen molar-refractivity contribution >= 4 is 57.9 Å². The van der Waals surface area contributed by atoms with Crippen LogP contribution in [0.25, 0.3) is 11.0 Å². The molecular formula is C26H19ClN4O5. The number of nitrogens with zero attached hydrogens (tertiary/aromatic N) is 1. The molecule has 0 unspecified atom stereocenters. The zero-order chi connectivity index (χ0) is 25.7. The third-order valence-corrected chi connectivity index (χ3v) is 5.27. The van der Waals surface area contributed by atoms with E-state index in [2.05, 4.69) is 15.7 Å². The minimum absolute atomic E-state index is 0.0450. The van der Waals surface area contributed by atoms with Gasteiger partial charge in [0.2, 0.25) is 5.43 Å². The van der Waals surface area contributed by atoms with Crippen LogP contribution in [0.5, 0.6) is 0 Å². The molecule has 3 aromatic carbocycles. The molecule has 0 bridgehead atoms. The number of aryl methyl sites for hydroxylation is 1. The Bertz CT molecular complexity index is 1580. The van der Waals surface area contributed by atoms with E-state index in [1.807, 2.05) is 18.4 Å². The summed E-state index contributed by atoms with van der Waals surface area (Å²) in [5.41, 5.74) is 3.89. The van der Waals surface area contributed by atoms with E-state index in [0.29, 0.717) is 16.3 Å². The number of amides is 3. The van der Waals surface area contributed by atoms with Crippen molar-refractivity contribution in [1.82, 2.24) is 5.43 Å². The zero-order valence-corrected chi connectivity index (χ0v) is 19.6. The monoisotopic (exact) mass is 502 g/mol. The number of hydrogen-bond donors (Lipinski definition) is 3. The standard InChI is InChI=1S/C26H19ClN4O5/c1-15-5-4-6-18(11-15)29-24(33)19-7-2-3-8-21(19)30-25(34)26(35)31-28-13-16-14-36-22-10-9-17(27)12-20(22)23(16)32/h2-14H,1H3,(H,29,33)(H,30,34)(H,31,35)/b28-13-. The number of hydrogen-bond acceptors (Lipinski definition) is 6. The van der Waals surface area contributed by atoms with Crippen molar-refractivity contribution < 1.29 is 18.8 Å². The van der Waals surface area contributed by atoms with E-state index in [1.165, 1.54) is 24.5 Å². The molecule has 0 fully saturated rings. The van der Waals surface area contributed by atoms with Gasteiger partial charge in [0.05, 0.1) is 28.4 Å². The molecule has 10 heteroatoms. The number of benzene rings is 3. The summed E-state index contributed by atoms with van der Waals surface area (Å²) in [6.07, 6.45) is 2.23. The second kappa shape index (κ2) is 10.7. The van der Waals surface area contributed by atoms with Crippen LogP contribution in [0.2, 0.25) is 5.02 Å². The topological polar surface area (TPSA) is 130 Å². The van der Waals surface area contributed by atoms with Crippen molar-refractivity contribution in [2.75, 3.05) is 10.6 Å². The molecule has 0 saturated carbocycles. The average molecular weight is 503 g/mol. The van der Waals surface area contributed by atoms with Gasteiger partial charge in [-0.05, 0) is 55.0 Å². The third-order valence-electron chi connectivity index (χ3n) is 5.03. The lowest BCUT2D eigenvalue weighted by atomic mass is 10.1. The molecule has 3 amide bonds. The molecule has 9 nitrogen and oxygen atoms in total. The van der Waals surface area contributed by atoms with Gasteiger partial charge in [0.1, 0.15) is 11.8 Å². The maximum atomic E-state index is 12.7. The highest BCUT2D eigenvalue weighted by molar-refractivity contribution is 6.40. The minimum atomic E-state index is -1.10. The van der Waals surface area contributed by atoms with E-state index in [4.69, 9.17) is 16.0 Å². The minimum Gasteiger partial charge on any atom is -0.463 e. The number of para-hydroxylation sites is 1. The Morgan fingerprint density at radius 2 is 1.75 bits per heavy atom. The van der Waals surface area contributed by atoms with Crippen LogP contribution in [0.15, 0.2) is 87.3 Å². The molecular weight excluding hydrogens is 484 g/mol. The van der Waals surface area contributed by atoms with Gasteiger partial charge in [-0.2, -0.15) is 5.10 Å². The van der Waals surface area contributed by atoms with Gasteiger partial charge in [0.25, 0.3) is 5.91 Å². The predicted octanol–water partition coefficient (Wildman–Crippen LogP) is 4.10. The maximum absolute atomic E-state index is 12.7. The van der Waals surface area contributed by atoms with Crippen LogP contribution in [0.3, 0.4) is 0 Å². The van der Waals surface area contributed by atoms with E-state index < -0.39 is 23.2 Å². The number of anilines is 2. The summed E-state index contributed by atoms with van der Waals surface area (Å²) in [5.74, 6) is -2.62. The van der Waals surface area contributed by atoms with Crippen LogP contribution in [0, 0.1) is 6.92 Å². The number of hydrazone groups is 1. The van der Waals surface area contributed by atoms with Crippen LogP contribution >= 0.6 is 11.6 Å². The lowest BCUT2D eigenvalue weighted by Gasteiger charge is -2.11. The molecule has 0 saturated heterocycles. The number of nitrogens with one attached hydrogen (secondary N) is 3. The van der Waals surface area contributed by atoms with Crippen molar-refractivity contribution in [1.29, 1.82) is 0 Å². The van der Waals surface area contributed by atoms with Gasteiger partial charge in [-0.1, -0.05) is 35.9 Å². The van der Waals surface area contributed by atoms with Crippen LogP contribution < -0.4 is 21.5 Å². The van der Waals surface area contributed by atoms with Gasteiger partial charge >= 0.3 is 11.8 Å². The fourth-order valence-corrected chi connectivity index (χ4v) is 3.48. The molecule has 4 aromatic rings. The van der Waals surface area contributed by atoms with E-state index in [1.54, 1.807) is 42.5 Å². The Morgan fingerprint density at radius 1 is 0.944 bits per heavy atom. The normalized spacial score (nSPS) is 10.8. The van der Waals surface area contributed by atoms with Crippen molar-refractivity contribution in [3.8, 4) is 0 Å². The molecule has 4 rings (SSSR count). The molecule has 0 spiro atoms. The number of rotatable bonds is 5. The molecule has 36 heavy (non-hydrogen) atoms. The average Bonchev–Trinajstić information content (AvgIpc) is 2.86. The Balaban J connectivity index is 1.43. The SMILES string of the molecule is Cc1cccc(NC(=O)c2ccccc2NC(=O)C(=O)N/N=C\c2coc3ccc(Cl)cc3c2=O)c1. The maximum Gasteiger partial charge on any atom is 0.329 e. The Labute approximate surface area is 209 Å². The highest BCUT2D eigenvalue weighted by Gasteiger charge is 2.18. The Kier molecular flexibility index (Phi) is 7.22. The first-order valence-electron chi connectivity index (χ1n) is 10.6. The quantitative estimate of drug-likeness (QED) is 0.215. The number of carbonyl (C=O) groups is 3. The summed E-state index contributed by atoms with van der Waals surface area (Å²) in [7, 11) is 0.